The van der Waals surface area contributed by atoms with Crippen LogP contribution in [0.3, 0.4) is 0 Å². The smallest absolute Gasteiger partial charge is 0.268 e. The Morgan fingerprint density at radius 1 is 1.17 bits per heavy atom. The quantitative estimate of drug-likeness (QED) is 0.686. The highest BCUT2D eigenvalue weighted by Crippen LogP contribution is 2.30. The minimum atomic E-state index is -2.84. The molecule has 3 rings (SSSR count). The molecule has 2 aromatic rings. The predicted molar refractivity (Wildman–Crippen MR) is 112 cm³/mol. The first kappa shape index (κ1) is 21.8. The van der Waals surface area contributed by atoms with Crippen molar-refractivity contribution in [3.63, 3.8) is 0 Å². The van der Waals surface area contributed by atoms with Gasteiger partial charge in [-0.1, -0.05) is 19.9 Å². The second kappa shape index (κ2) is 9.26. The number of benzene rings is 1. The molecule has 1 N–H and O–H groups in total. The van der Waals surface area contributed by atoms with Crippen LogP contribution in [0.25, 0.3) is 0 Å². The lowest BCUT2D eigenvalue weighted by Gasteiger charge is -2.45. The van der Waals surface area contributed by atoms with Gasteiger partial charge in [-0.3, -0.25) is 0 Å². The van der Waals surface area contributed by atoms with Crippen molar-refractivity contribution < 1.29 is 18.3 Å². The average molecular weight is 426 g/mol. The fourth-order valence-electron chi connectivity index (χ4n) is 3.63. The van der Waals surface area contributed by atoms with Gasteiger partial charge in [-0.2, -0.15) is 0 Å². The number of halogens is 3. The molecule has 0 spiro atoms. The van der Waals surface area contributed by atoms with Gasteiger partial charge in [0.15, 0.2) is 0 Å². The largest absolute Gasteiger partial charge is 0.382 e. The van der Waals surface area contributed by atoms with E-state index in [1.165, 1.54) is 30.1 Å². The third-order valence-electron chi connectivity index (χ3n) is 5.33. The molecule has 0 saturated carbocycles. The Kier molecular flexibility index (Phi) is 6.95. The molecule has 0 bridgehead atoms. The van der Waals surface area contributed by atoms with Gasteiger partial charge in [-0.15, -0.1) is 11.8 Å². The lowest BCUT2D eigenvalue weighted by molar-refractivity contribution is -0.00595. The number of aliphatic hydroxyl groups excluding tert-OH is 1. The van der Waals surface area contributed by atoms with Gasteiger partial charge in [-0.05, 0) is 36.4 Å². The van der Waals surface area contributed by atoms with E-state index >= 15 is 0 Å². The number of aromatic nitrogens is 1. The third-order valence-corrected chi connectivity index (χ3v) is 6.09. The Labute approximate surface area is 173 Å². The van der Waals surface area contributed by atoms with E-state index in [4.69, 9.17) is 0 Å². The zero-order valence-electron chi connectivity index (χ0n) is 16.7. The molecule has 1 aromatic carbocycles. The number of nitrogens with zero attached hydrogens (tertiary/aromatic N) is 3. The number of hydrogen-bond acceptors (Lipinski definition) is 5. The van der Waals surface area contributed by atoms with Crippen molar-refractivity contribution in [1.29, 1.82) is 0 Å². The van der Waals surface area contributed by atoms with Gasteiger partial charge < -0.3 is 14.9 Å². The van der Waals surface area contributed by atoms with Crippen LogP contribution in [0, 0.1) is 11.7 Å². The maximum atomic E-state index is 13.8. The van der Waals surface area contributed by atoms with Gasteiger partial charge in [0.2, 0.25) is 0 Å². The highest BCUT2D eigenvalue weighted by atomic mass is 32.2. The van der Waals surface area contributed by atoms with Crippen LogP contribution in [0.2, 0.25) is 0 Å². The number of alkyl halides is 2. The van der Waals surface area contributed by atoms with Crippen LogP contribution >= 0.6 is 11.8 Å². The lowest BCUT2D eigenvalue weighted by Crippen LogP contribution is -2.55. The average Bonchev–Trinajstić information content (AvgIpc) is 2.73. The summed E-state index contributed by atoms with van der Waals surface area (Å²) in [5.41, 5.74) is 1.10. The minimum absolute atomic E-state index is 0.111. The third kappa shape index (κ3) is 4.80. The Morgan fingerprint density at radius 3 is 2.52 bits per heavy atom. The summed E-state index contributed by atoms with van der Waals surface area (Å²) in [7, 11) is 0. The topological polar surface area (TPSA) is 39.6 Å². The van der Waals surface area contributed by atoms with E-state index in [1.807, 2.05) is 12.3 Å². The molecule has 1 aliphatic rings. The summed E-state index contributed by atoms with van der Waals surface area (Å²) in [6.07, 6.45) is -1.48. The Hall–Kier alpha value is -1.93. The standard InChI is InChI=1S/C21H26F3N3OS/c1-13(2)17-12-26(15-5-6-16(22)18(10-15)29-3)8-9-27(17)19-7-4-14(11-25-19)20(28)21(23)24/h4-7,10-11,13,17,20-21,28H,8-9,12H2,1-3H3. The van der Waals surface area contributed by atoms with Crippen molar-refractivity contribution in [2.45, 2.75) is 37.3 Å². The second-order valence-electron chi connectivity index (χ2n) is 7.50. The fraction of sp³-hybridized carbons (Fsp3) is 0.476. The number of rotatable bonds is 6. The Bertz CT molecular complexity index is 819. The van der Waals surface area contributed by atoms with E-state index in [0.717, 1.165) is 18.8 Å². The van der Waals surface area contributed by atoms with Crippen LogP contribution in [0.4, 0.5) is 24.7 Å². The first-order chi connectivity index (χ1) is 13.8. The number of piperazine rings is 1. The summed E-state index contributed by atoms with van der Waals surface area (Å²) in [6.45, 7) is 6.46. The minimum Gasteiger partial charge on any atom is -0.382 e. The zero-order chi connectivity index (χ0) is 21.1. The summed E-state index contributed by atoms with van der Waals surface area (Å²) in [5.74, 6) is 0.819. The number of anilines is 2. The van der Waals surface area contributed by atoms with E-state index < -0.39 is 12.5 Å². The predicted octanol–water partition coefficient (Wildman–Crippen LogP) is 4.59. The summed E-state index contributed by atoms with van der Waals surface area (Å²) in [4.78, 5) is 9.39. The second-order valence-corrected chi connectivity index (χ2v) is 8.35. The van der Waals surface area contributed by atoms with E-state index in [-0.39, 0.29) is 17.4 Å². The maximum absolute atomic E-state index is 13.8. The Balaban J connectivity index is 1.79. The molecule has 4 nitrogen and oxygen atoms in total. The SMILES string of the molecule is CSc1cc(N2CCN(c3ccc(C(O)C(F)F)cn3)C(C(C)C)C2)ccc1F. The number of pyridine rings is 1. The molecule has 29 heavy (non-hydrogen) atoms. The first-order valence-corrected chi connectivity index (χ1v) is 10.8. The van der Waals surface area contributed by atoms with Crippen molar-refractivity contribution in [3.05, 3.63) is 47.9 Å². The van der Waals surface area contributed by atoms with Crippen molar-refractivity contribution >= 4 is 23.3 Å². The van der Waals surface area contributed by atoms with Crippen LogP contribution in [0.5, 0.6) is 0 Å². The van der Waals surface area contributed by atoms with Gasteiger partial charge in [-0.25, -0.2) is 18.2 Å². The monoisotopic (exact) mass is 425 g/mol. The van der Waals surface area contributed by atoms with Crippen LogP contribution in [0.1, 0.15) is 25.5 Å². The van der Waals surface area contributed by atoms with E-state index in [1.54, 1.807) is 12.1 Å². The highest BCUT2D eigenvalue weighted by molar-refractivity contribution is 7.98. The zero-order valence-corrected chi connectivity index (χ0v) is 17.5. The highest BCUT2D eigenvalue weighted by Gasteiger charge is 2.31. The molecular weight excluding hydrogens is 399 g/mol. The van der Waals surface area contributed by atoms with Gasteiger partial charge in [0.05, 0.1) is 6.04 Å². The van der Waals surface area contributed by atoms with Gasteiger partial charge in [0.1, 0.15) is 17.7 Å². The molecule has 8 heteroatoms. The molecular formula is C21H26F3N3OS. The molecule has 0 radical (unpaired) electrons. The van der Waals surface area contributed by atoms with Crippen molar-refractivity contribution in [3.8, 4) is 0 Å². The molecule has 1 fully saturated rings. The van der Waals surface area contributed by atoms with Crippen LogP contribution in [0.15, 0.2) is 41.4 Å². The van der Waals surface area contributed by atoms with Crippen molar-refractivity contribution in [2.24, 2.45) is 5.92 Å². The molecule has 1 aromatic heterocycles. The summed E-state index contributed by atoms with van der Waals surface area (Å²) in [6, 6.07) is 8.55. The lowest BCUT2D eigenvalue weighted by atomic mass is 9.99. The molecule has 2 unspecified atom stereocenters. The van der Waals surface area contributed by atoms with E-state index in [0.29, 0.717) is 23.2 Å². The van der Waals surface area contributed by atoms with Crippen molar-refractivity contribution in [2.75, 3.05) is 35.7 Å². The number of thioether (sulfide) groups is 1. The molecule has 1 saturated heterocycles. The summed E-state index contributed by atoms with van der Waals surface area (Å²) < 4.78 is 39.2. The summed E-state index contributed by atoms with van der Waals surface area (Å²) >= 11 is 1.39. The maximum Gasteiger partial charge on any atom is 0.268 e. The molecule has 0 amide bonds. The van der Waals surface area contributed by atoms with Gasteiger partial charge in [0, 0.05) is 42.0 Å². The summed E-state index contributed by atoms with van der Waals surface area (Å²) in [5, 5.41) is 9.52. The fourth-order valence-corrected chi connectivity index (χ4v) is 4.13. The van der Waals surface area contributed by atoms with Gasteiger partial charge in [0.25, 0.3) is 6.43 Å². The molecule has 2 heterocycles. The van der Waals surface area contributed by atoms with Crippen LogP contribution in [-0.4, -0.2) is 48.4 Å². The molecule has 1 aliphatic heterocycles. The van der Waals surface area contributed by atoms with Gasteiger partial charge >= 0.3 is 0 Å². The van der Waals surface area contributed by atoms with E-state index in [9.17, 15) is 18.3 Å². The van der Waals surface area contributed by atoms with Crippen LogP contribution < -0.4 is 9.80 Å². The Morgan fingerprint density at radius 2 is 1.93 bits per heavy atom. The first-order valence-electron chi connectivity index (χ1n) is 9.59. The van der Waals surface area contributed by atoms with Crippen molar-refractivity contribution in [1.82, 2.24) is 4.98 Å². The van der Waals surface area contributed by atoms with E-state index in [2.05, 4.69) is 28.6 Å². The molecule has 158 valence electrons. The van der Waals surface area contributed by atoms with Crippen LogP contribution in [-0.2, 0) is 0 Å². The number of hydrogen-bond donors (Lipinski definition) is 1. The molecule has 2 atom stereocenters. The number of aliphatic hydroxyl groups is 1. The molecule has 0 aliphatic carbocycles. The normalized spacial score (nSPS) is 18.6.